The quantitative estimate of drug-likeness (QED) is 0.414. The Bertz CT molecular complexity index is 208. The maximum absolute atomic E-state index is 2.57. The Morgan fingerprint density at radius 3 is 2.40 bits per heavy atom. The van der Waals surface area contributed by atoms with Crippen molar-refractivity contribution >= 4 is 0 Å². The van der Waals surface area contributed by atoms with E-state index >= 15 is 0 Å². The number of rotatable bonds is 1. The van der Waals surface area contributed by atoms with Crippen molar-refractivity contribution in [3.05, 3.63) is 12.2 Å². The predicted molar refractivity (Wildman–Crippen MR) is 66.9 cm³/mol. The van der Waals surface area contributed by atoms with Crippen molar-refractivity contribution in [1.29, 1.82) is 0 Å². The summed E-state index contributed by atoms with van der Waals surface area (Å²) >= 11 is 0. The Labute approximate surface area is 95.1 Å². The molecule has 2 rings (SSSR count). The van der Waals surface area contributed by atoms with E-state index in [9.17, 15) is 0 Å². The van der Waals surface area contributed by atoms with Gasteiger partial charge in [-0.05, 0) is 43.4 Å². The van der Waals surface area contributed by atoms with E-state index in [-0.39, 0.29) is 0 Å². The van der Waals surface area contributed by atoms with Crippen LogP contribution in [-0.2, 0) is 0 Å². The summed E-state index contributed by atoms with van der Waals surface area (Å²) < 4.78 is 0. The largest absolute Gasteiger partial charge is 0.0880 e. The molecule has 15 heavy (non-hydrogen) atoms. The van der Waals surface area contributed by atoms with Crippen LogP contribution in [0.1, 0.15) is 71.1 Å². The molecule has 0 aromatic heterocycles. The van der Waals surface area contributed by atoms with Gasteiger partial charge in [0, 0.05) is 0 Å². The van der Waals surface area contributed by atoms with E-state index in [1.807, 2.05) is 0 Å². The highest BCUT2D eigenvalue weighted by Gasteiger charge is 2.31. The highest BCUT2D eigenvalue weighted by molar-refractivity contribution is 5.02. The molecule has 0 spiro atoms. The monoisotopic (exact) mass is 206 g/mol. The normalized spacial score (nSPS) is 34.7. The van der Waals surface area contributed by atoms with Gasteiger partial charge < -0.3 is 0 Å². The van der Waals surface area contributed by atoms with Crippen LogP contribution < -0.4 is 0 Å². The molecule has 0 aliphatic heterocycles. The first-order valence-electron chi connectivity index (χ1n) is 6.99. The van der Waals surface area contributed by atoms with Gasteiger partial charge in [-0.1, -0.05) is 51.2 Å². The second-order valence-corrected chi connectivity index (χ2v) is 5.84. The second kappa shape index (κ2) is 5.18. The molecule has 0 bridgehead atoms. The molecule has 0 nitrogen and oxygen atoms in total. The summed E-state index contributed by atoms with van der Waals surface area (Å²) in [6.45, 7) is 2.52. The van der Waals surface area contributed by atoms with Gasteiger partial charge in [0.25, 0.3) is 0 Å². The molecule has 0 aromatic rings. The molecule has 0 heteroatoms. The van der Waals surface area contributed by atoms with Gasteiger partial charge in [0.1, 0.15) is 0 Å². The highest BCUT2D eigenvalue weighted by Crippen LogP contribution is 2.43. The van der Waals surface area contributed by atoms with Crippen LogP contribution >= 0.6 is 0 Å². The molecule has 1 saturated carbocycles. The molecule has 86 valence electrons. The van der Waals surface area contributed by atoms with E-state index in [4.69, 9.17) is 0 Å². The van der Waals surface area contributed by atoms with Crippen LogP contribution in [0.4, 0.5) is 0 Å². The molecule has 0 N–H and O–H groups in total. The topological polar surface area (TPSA) is 0 Å². The molecule has 2 aliphatic carbocycles. The summed E-state index contributed by atoms with van der Waals surface area (Å²) in [5.41, 5.74) is 0.542. The standard InChI is InChI=1S/C15H26/c1-15(12-8-4-5-9-13-15)14-10-6-2-3-7-11-14/h8,12,14H,2-7,9-11,13H2,1H3. The van der Waals surface area contributed by atoms with Crippen molar-refractivity contribution in [3.8, 4) is 0 Å². The summed E-state index contributed by atoms with van der Waals surface area (Å²) in [6.07, 6.45) is 19.5. The summed E-state index contributed by atoms with van der Waals surface area (Å²) in [5.74, 6) is 0.981. The molecule has 0 saturated heterocycles. The number of hydrogen-bond donors (Lipinski definition) is 0. The Hall–Kier alpha value is -0.260. The second-order valence-electron chi connectivity index (χ2n) is 5.84. The zero-order chi connectivity index (χ0) is 10.6. The minimum Gasteiger partial charge on any atom is -0.0880 e. The SMILES string of the molecule is CC1(C2CCCCCC2)C=CCCCC1. The third-order valence-electron chi connectivity index (χ3n) is 4.62. The first-order valence-corrected chi connectivity index (χ1v) is 6.99. The Balaban J connectivity index is 2.04. The fourth-order valence-corrected chi connectivity index (χ4v) is 3.48. The Morgan fingerprint density at radius 1 is 0.933 bits per heavy atom. The van der Waals surface area contributed by atoms with Crippen molar-refractivity contribution in [2.75, 3.05) is 0 Å². The maximum Gasteiger partial charge on any atom is -0.0118 e. The molecule has 0 aromatic carbocycles. The van der Waals surface area contributed by atoms with Crippen LogP contribution in [0.3, 0.4) is 0 Å². The molecule has 0 amide bonds. The van der Waals surface area contributed by atoms with Crippen molar-refractivity contribution in [2.45, 2.75) is 71.1 Å². The molecule has 0 heterocycles. The van der Waals surface area contributed by atoms with E-state index in [0.717, 1.165) is 5.92 Å². The third kappa shape index (κ3) is 2.86. The smallest absolute Gasteiger partial charge is 0.0118 e. The predicted octanol–water partition coefficient (Wildman–Crippen LogP) is 5.09. The minimum absolute atomic E-state index is 0.542. The van der Waals surface area contributed by atoms with Crippen LogP contribution in [0.25, 0.3) is 0 Å². The van der Waals surface area contributed by atoms with Crippen molar-refractivity contribution in [1.82, 2.24) is 0 Å². The average molecular weight is 206 g/mol. The third-order valence-corrected chi connectivity index (χ3v) is 4.62. The fraction of sp³-hybridized carbons (Fsp3) is 0.867. The maximum atomic E-state index is 2.57. The van der Waals surface area contributed by atoms with Crippen LogP contribution in [0, 0.1) is 11.3 Å². The first-order chi connectivity index (χ1) is 7.31. The summed E-state index contributed by atoms with van der Waals surface area (Å²) in [4.78, 5) is 0. The van der Waals surface area contributed by atoms with Crippen LogP contribution in [0.2, 0.25) is 0 Å². The molecular weight excluding hydrogens is 180 g/mol. The van der Waals surface area contributed by atoms with E-state index in [0.29, 0.717) is 5.41 Å². The van der Waals surface area contributed by atoms with Gasteiger partial charge in [-0.2, -0.15) is 0 Å². The van der Waals surface area contributed by atoms with Crippen LogP contribution in [0.5, 0.6) is 0 Å². The van der Waals surface area contributed by atoms with Gasteiger partial charge in [-0.25, -0.2) is 0 Å². The summed E-state index contributed by atoms with van der Waals surface area (Å²) in [7, 11) is 0. The number of hydrogen-bond acceptors (Lipinski definition) is 0. The van der Waals surface area contributed by atoms with Gasteiger partial charge in [0.15, 0.2) is 0 Å². The van der Waals surface area contributed by atoms with E-state index < -0.39 is 0 Å². The van der Waals surface area contributed by atoms with Crippen LogP contribution in [-0.4, -0.2) is 0 Å². The Kier molecular flexibility index (Phi) is 3.88. The Morgan fingerprint density at radius 2 is 1.67 bits per heavy atom. The van der Waals surface area contributed by atoms with Crippen LogP contribution in [0.15, 0.2) is 12.2 Å². The summed E-state index contributed by atoms with van der Waals surface area (Å²) in [6, 6.07) is 0. The van der Waals surface area contributed by atoms with E-state index in [1.54, 1.807) is 0 Å². The minimum atomic E-state index is 0.542. The summed E-state index contributed by atoms with van der Waals surface area (Å²) in [5, 5.41) is 0. The zero-order valence-electron chi connectivity index (χ0n) is 10.3. The first kappa shape index (κ1) is 11.2. The molecule has 2 aliphatic rings. The lowest BCUT2D eigenvalue weighted by Gasteiger charge is -2.34. The molecule has 1 unspecified atom stereocenters. The molecule has 0 radical (unpaired) electrons. The van der Waals surface area contributed by atoms with Crippen molar-refractivity contribution in [2.24, 2.45) is 11.3 Å². The van der Waals surface area contributed by atoms with Gasteiger partial charge in [0.2, 0.25) is 0 Å². The highest BCUT2D eigenvalue weighted by atomic mass is 14.4. The van der Waals surface area contributed by atoms with Gasteiger partial charge >= 0.3 is 0 Å². The molecule has 1 fully saturated rings. The van der Waals surface area contributed by atoms with E-state index in [1.165, 1.54) is 64.2 Å². The number of allylic oxidation sites excluding steroid dienone is 2. The van der Waals surface area contributed by atoms with Crippen molar-refractivity contribution < 1.29 is 0 Å². The lowest BCUT2D eigenvalue weighted by atomic mass is 9.70. The van der Waals surface area contributed by atoms with Gasteiger partial charge in [-0.3, -0.25) is 0 Å². The fourth-order valence-electron chi connectivity index (χ4n) is 3.48. The lowest BCUT2D eigenvalue weighted by Crippen LogP contribution is -2.24. The lowest BCUT2D eigenvalue weighted by molar-refractivity contribution is 0.209. The molecule has 1 atom stereocenters. The van der Waals surface area contributed by atoms with Crippen molar-refractivity contribution in [3.63, 3.8) is 0 Å². The van der Waals surface area contributed by atoms with Gasteiger partial charge in [-0.15, -0.1) is 0 Å². The van der Waals surface area contributed by atoms with E-state index in [2.05, 4.69) is 19.1 Å². The molecular formula is C15H26. The zero-order valence-corrected chi connectivity index (χ0v) is 10.3. The average Bonchev–Trinajstić information content (AvgIpc) is 2.60. The van der Waals surface area contributed by atoms with Gasteiger partial charge in [0.05, 0.1) is 0 Å².